The van der Waals surface area contributed by atoms with Crippen molar-refractivity contribution in [2.75, 3.05) is 0 Å². The van der Waals surface area contributed by atoms with Crippen LogP contribution in [-0.4, -0.2) is 9.97 Å². The molecule has 2 N–H and O–H groups in total. The minimum Gasteiger partial charge on any atom is -0.437 e. The average Bonchev–Trinajstić information content (AvgIpc) is 2.32. The van der Waals surface area contributed by atoms with Crippen molar-refractivity contribution in [3.05, 3.63) is 46.9 Å². The predicted octanol–water partition coefficient (Wildman–Crippen LogP) is 2.69. The first-order valence-electron chi connectivity index (χ1n) is 5.14. The highest BCUT2D eigenvalue weighted by molar-refractivity contribution is 6.30. The molecule has 1 aromatic heterocycles. The number of aryl methyl sites for hydroxylation is 1. The fourth-order valence-electron chi connectivity index (χ4n) is 1.39. The van der Waals surface area contributed by atoms with Crippen LogP contribution in [0.3, 0.4) is 0 Å². The van der Waals surface area contributed by atoms with Gasteiger partial charge in [0.05, 0.1) is 5.69 Å². The Morgan fingerprint density at radius 2 is 2.06 bits per heavy atom. The van der Waals surface area contributed by atoms with Gasteiger partial charge in [0.1, 0.15) is 5.75 Å². The van der Waals surface area contributed by atoms with Gasteiger partial charge >= 0.3 is 0 Å². The molecule has 0 aliphatic rings. The maximum absolute atomic E-state index is 5.92. The Bertz CT molecular complexity index is 531. The Kier molecular flexibility index (Phi) is 3.56. The molecule has 0 saturated carbocycles. The summed E-state index contributed by atoms with van der Waals surface area (Å²) in [7, 11) is 0. The Labute approximate surface area is 104 Å². The summed E-state index contributed by atoms with van der Waals surface area (Å²) in [6, 6.07) is 5.33. The van der Waals surface area contributed by atoms with Gasteiger partial charge in [-0.3, -0.25) is 4.98 Å². The maximum Gasteiger partial charge on any atom is 0.240 e. The molecule has 0 bridgehead atoms. The standard InChI is InChI=1S/C12H12ClN3O/c1-8-12(16-5-4-15-8)17-11-6-10(13)3-2-9(11)7-14/h2-6H,7,14H2,1H3. The zero-order valence-corrected chi connectivity index (χ0v) is 10.1. The predicted molar refractivity (Wildman–Crippen MR) is 66.2 cm³/mol. The van der Waals surface area contributed by atoms with E-state index in [1.54, 1.807) is 24.5 Å². The van der Waals surface area contributed by atoms with Gasteiger partial charge in [0.25, 0.3) is 0 Å². The smallest absolute Gasteiger partial charge is 0.240 e. The molecule has 0 radical (unpaired) electrons. The van der Waals surface area contributed by atoms with Crippen LogP contribution in [0.5, 0.6) is 11.6 Å². The van der Waals surface area contributed by atoms with E-state index in [-0.39, 0.29) is 0 Å². The van der Waals surface area contributed by atoms with Crippen molar-refractivity contribution in [1.29, 1.82) is 0 Å². The summed E-state index contributed by atoms with van der Waals surface area (Å²) < 4.78 is 5.67. The van der Waals surface area contributed by atoms with Crippen LogP contribution in [0.25, 0.3) is 0 Å². The van der Waals surface area contributed by atoms with E-state index in [0.717, 1.165) is 11.3 Å². The summed E-state index contributed by atoms with van der Waals surface area (Å²) in [6.07, 6.45) is 3.19. The summed E-state index contributed by atoms with van der Waals surface area (Å²) in [6.45, 7) is 2.21. The summed E-state index contributed by atoms with van der Waals surface area (Å²) in [5, 5.41) is 0.596. The van der Waals surface area contributed by atoms with Gasteiger partial charge in [-0.15, -0.1) is 0 Å². The third-order valence-corrected chi connectivity index (χ3v) is 2.53. The number of hydrogen-bond donors (Lipinski definition) is 1. The molecule has 0 unspecified atom stereocenters. The van der Waals surface area contributed by atoms with Crippen molar-refractivity contribution in [2.45, 2.75) is 13.5 Å². The van der Waals surface area contributed by atoms with Gasteiger partial charge in [-0.25, -0.2) is 4.98 Å². The molecule has 0 aliphatic carbocycles. The molecule has 5 heteroatoms. The molecule has 0 atom stereocenters. The van der Waals surface area contributed by atoms with Crippen LogP contribution in [0.4, 0.5) is 0 Å². The van der Waals surface area contributed by atoms with Crippen molar-refractivity contribution in [3.8, 4) is 11.6 Å². The second kappa shape index (κ2) is 5.12. The molecule has 1 heterocycles. The second-order valence-electron chi connectivity index (χ2n) is 3.51. The van der Waals surface area contributed by atoms with Crippen molar-refractivity contribution in [3.63, 3.8) is 0 Å². The monoisotopic (exact) mass is 249 g/mol. The largest absolute Gasteiger partial charge is 0.437 e. The number of ether oxygens (including phenoxy) is 1. The molecule has 0 amide bonds. The number of benzene rings is 1. The second-order valence-corrected chi connectivity index (χ2v) is 3.94. The molecule has 0 fully saturated rings. The first kappa shape index (κ1) is 11.8. The number of nitrogens with zero attached hydrogens (tertiary/aromatic N) is 2. The van der Waals surface area contributed by atoms with Crippen LogP contribution in [0.15, 0.2) is 30.6 Å². The molecule has 88 valence electrons. The van der Waals surface area contributed by atoms with Crippen molar-refractivity contribution in [1.82, 2.24) is 9.97 Å². The quantitative estimate of drug-likeness (QED) is 0.909. The van der Waals surface area contributed by atoms with Crippen LogP contribution < -0.4 is 10.5 Å². The Hall–Kier alpha value is -1.65. The molecule has 4 nitrogen and oxygen atoms in total. The lowest BCUT2D eigenvalue weighted by molar-refractivity contribution is 0.450. The molecule has 0 aliphatic heterocycles. The zero-order chi connectivity index (χ0) is 12.3. The van der Waals surface area contributed by atoms with Gasteiger partial charge in [0, 0.05) is 29.5 Å². The molecular formula is C12H12ClN3O. The van der Waals surface area contributed by atoms with E-state index in [9.17, 15) is 0 Å². The highest BCUT2D eigenvalue weighted by atomic mass is 35.5. The number of nitrogens with two attached hydrogens (primary N) is 1. The molecular weight excluding hydrogens is 238 g/mol. The topological polar surface area (TPSA) is 61.0 Å². The highest BCUT2D eigenvalue weighted by Crippen LogP contribution is 2.28. The Morgan fingerprint density at radius 1 is 1.29 bits per heavy atom. The lowest BCUT2D eigenvalue weighted by atomic mass is 10.2. The van der Waals surface area contributed by atoms with Crippen molar-refractivity contribution < 1.29 is 4.74 Å². The average molecular weight is 250 g/mol. The maximum atomic E-state index is 5.92. The lowest BCUT2D eigenvalue weighted by Crippen LogP contribution is -2.01. The molecule has 0 saturated heterocycles. The fraction of sp³-hybridized carbons (Fsp3) is 0.167. The van der Waals surface area contributed by atoms with E-state index in [2.05, 4.69) is 9.97 Å². The molecule has 2 aromatic rings. The van der Waals surface area contributed by atoms with Crippen LogP contribution in [-0.2, 0) is 6.54 Å². The van der Waals surface area contributed by atoms with E-state index in [1.807, 2.05) is 13.0 Å². The van der Waals surface area contributed by atoms with Gasteiger partial charge in [-0.05, 0) is 19.1 Å². The normalized spacial score (nSPS) is 10.3. The molecule has 1 aromatic carbocycles. The van der Waals surface area contributed by atoms with Crippen LogP contribution in [0.2, 0.25) is 5.02 Å². The number of aromatic nitrogens is 2. The third-order valence-electron chi connectivity index (χ3n) is 2.29. The van der Waals surface area contributed by atoms with Gasteiger partial charge in [0.2, 0.25) is 5.88 Å². The number of hydrogen-bond acceptors (Lipinski definition) is 4. The van der Waals surface area contributed by atoms with Gasteiger partial charge < -0.3 is 10.5 Å². The van der Waals surface area contributed by atoms with E-state index in [1.165, 1.54) is 0 Å². The van der Waals surface area contributed by atoms with Gasteiger partial charge in [-0.2, -0.15) is 0 Å². The Morgan fingerprint density at radius 3 is 2.76 bits per heavy atom. The summed E-state index contributed by atoms with van der Waals surface area (Å²) in [5.41, 5.74) is 7.23. The molecule has 17 heavy (non-hydrogen) atoms. The number of rotatable bonds is 3. The zero-order valence-electron chi connectivity index (χ0n) is 9.35. The minimum atomic E-state index is 0.381. The molecule has 2 rings (SSSR count). The summed E-state index contributed by atoms with van der Waals surface area (Å²) in [5.74, 6) is 1.08. The van der Waals surface area contributed by atoms with Crippen LogP contribution >= 0.6 is 11.6 Å². The van der Waals surface area contributed by atoms with E-state index < -0.39 is 0 Å². The summed E-state index contributed by atoms with van der Waals surface area (Å²) >= 11 is 5.92. The SMILES string of the molecule is Cc1nccnc1Oc1cc(Cl)ccc1CN. The number of halogens is 1. The Balaban J connectivity index is 2.35. The highest BCUT2D eigenvalue weighted by Gasteiger charge is 2.08. The minimum absolute atomic E-state index is 0.381. The van der Waals surface area contributed by atoms with Crippen LogP contribution in [0, 0.1) is 6.92 Å². The molecule has 0 spiro atoms. The first-order valence-corrected chi connectivity index (χ1v) is 5.52. The van der Waals surface area contributed by atoms with E-state index >= 15 is 0 Å². The third kappa shape index (κ3) is 2.72. The van der Waals surface area contributed by atoms with Crippen LogP contribution in [0.1, 0.15) is 11.3 Å². The van der Waals surface area contributed by atoms with E-state index in [4.69, 9.17) is 22.1 Å². The van der Waals surface area contributed by atoms with Crippen molar-refractivity contribution >= 4 is 11.6 Å². The van der Waals surface area contributed by atoms with E-state index in [0.29, 0.717) is 23.2 Å². The van der Waals surface area contributed by atoms with Gasteiger partial charge in [0.15, 0.2) is 0 Å². The first-order chi connectivity index (χ1) is 8.20. The lowest BCUT2D eigenvalue weighted by Gasteiger charge is -2.10. The fourth-order valence-corrected chi connectivity index (χ4v) is 1.55. The summed E-state index contributed by atoms with van der Waals surface area (Å²) in [4.78, 5) is 8.21. The van der Waals surface area contributed by atoms with Gasteiger partial charge in [-0.1, -0.05) is 17.7 Å². The van der Waals surface area contributed by atoms with Crippen molar-refractivity contribution in [2.24, 2.45) is 5.73 Å².